The maximum atomic E-state index is 12.6. The van der Waals surface area contributed by atoms with Crippen LogP contribution in [0.4, 0.5) is 11.8 Å². The van der Waals surface area contributed by atoms with Gasteiger partial charge in [-0.3, -0.25) is 5.10 Å². The molecule has 1 unspecified atom stereocenters. The Bertz CT molecular complexity index is 1080. The van der Waals surface area contributed by atoms with Gasteiger partial charge in [-0.1, -0.05) is 19.9 Å². The van der Waals surface area contributed by atoms with Gasteiger partial charge in [-0.15, -0.1) is 11.3 Å². The van der Waals surface area contributed by atoms with Crippen molar-refractivity contribution < 1.29 is 9.66 Å². The van der Waals surface area contributed by atoms with Gasteiger partial charge in [0, 0.05) is 25.4 Å². The maximum Gasteiger partial charge on any atom is 0.227 e. The fourth-order valence-corrected chi connectivity index (χ4v) is 6.51. The first kappa shape index (κ1) is 22.6. The number of H-pyrrole nitrogens is 1. The predicted octanol–water partition coefficient (Wildman–Crippen LogP) is 3.40. The lowest BCUT2D eigenvalue weighted by molar-refractivity contribution is 0.248. The number of rotatable bonds is 7. The third-order valence-electron chi connectivity index (χ3n) is 6.58. The molecule has 8 nitrogen and oxygen atoms in total. The number of aliphatic hydroxyl groups is 1. The molecule has 10 heteroatoms. The number of hydrogen-bond acceptors (Lipinski definition) is 8. The number of aryl methyl sites for hydroxylation is 1. The molecular formula is C23H30N6O2S2. The summed E-state index contributed by atoms with van der Waals surface area (Å²) in [7, 11) is 0. The molecule has 1 saturated heterocycles. The van der Waals surface area contributed by atoms with Crippen LogP contribution in [0.25, 0.3) is 10.6 Å². The normalized spacial score (nSPS) is 19.8. The minimum atomic E-state index is -1.09. The Kier molecular flexibility index (Phi) is 6.60. The molecule has 0 spiro atoms. The van der Waals surface area contributed by atoms with Crippen LogP contribution in [0.15, 0.2) is 28.5 Å². The Labute approximate surface area is 201 Å². The first-order chi connectivity index (χ1) is 16.0. The zero-order chi connectivity index (χ0) is 22.9. The van der Waals surface area contributed by atoms with Crippen molar-refractivity contribution in [2.75, 3.05) is 35.7 Å². The second kappa shape index (κ2) is 9.61. The molecule has 0 aromatic carbocycles. The fraction of sp³-hybridized carbons (Fsp3) is 0.522. The number of nitrogens with one attached hydrogen (secondary N) is 2. The van der Waals surface area contributed by atoms with Crippen LogP contribution in [-0.4, -0.2) is 61.3 Å². The van der Waals surface area contributed by atoms with Gasteiger partial charge in [-0.2, -0.15) is 10.1 Å². The number of thiophene rings is 1. The first-order valence-electron chi connectivity index (χ1n) is 11.5. The van der Waals surface area contributed by atoms with Gasteiger partial charge < -0.3 is 19.9 Å². The summed E-state index contributed by atoms with van der Waals surface area (Å²) in [5.74, 6) is 2.53. The highest BCUT2D eigenvalue weighted by Gasteiger charge is 2.34. The van der Waals surface area contributed by atoms with E-state index in [1.165, 1.54) is 4.88 Å². The van der Waals surface area contributed by atoms with E-state index in [0.29, 0.717) is 34.8 Å². The van der Waals surface area contributed by atoms with Gasteiger partial charge in [-0.05, 0) is 47.4 Å². The Hall–Kier alpha value is -2.14. The summed E-state index contributed by atoms with van der Waals surface area (Å²) in [5.41, 5.74) is 3.07. The molecule has 2 aliphatic rings. The van der Waals surface area contributed by atoms with Gasteiger partial charge in [-0.25, -0.2) is 4.98 Å². The van der Waals surface area contributed by atoms with Gasteiger partial charge >= 0.3 is 0 Å². The molecule has 0 radical (unpaired) electrons. The zero-order valence-corrected chi connectivity index (χ0v) is 20.6. The molecule has 3 aromatic heterocycles. The highest BCUT2D eigenvalue weighted by atomic mass is 32.2. The van der Waals surface area contributed by atoms with Crippen LogP contribution < -0.4 is 10.2 Å². The van der Waals surface area contributed by atoms with E-state index in [-0.39, 0.29) is 18.6 Å². The number of anilines is 2. The Morgan fingerprint density at radius 3 is 2.85 bits per heavy atom. The van der Waals surface area contributed by atoms with Crippen LogP contribution in [0.2, 0.25) is 0 Å². The van der Waals surface area contributed by atoms with Gasteiger partial charge in [0.25, 0.3) is 0 Å². The van der Waals surface area contributed by atoms with Gasteiger partial charge in [0.2, 0.25) is 10.8 Å². The van der Waals surface area contributed by atoms with Crippen molar-refractivity contribution in [1.82, 2.24) is 20.2 Å². The van der Waals surface area contributed by atoms with E-state index >= 15 is 0 Å². The van der Waals surface area contributed by atoms with Crippen molar-refractivity contribution in [3.8, 4) is 10.6 Å². The molecule has 2 aliphatic heterocycles. The smallest absolute Gasteiger partial charge is 0.227 e. The summed E-state index contributed by atoms with van der Waals surface area (Å²) in [6.45, 7) is 5.80. The van der Waals surface area contributed by atoms with E-state index in [0.717, 1.165) is 43.0 Å². The Balaban J connectivity index is 1.32. The summed E-state index contributed by atoms with van der Waals surface area (Å²) in [5, 5.41) is 23.0. The van der Waals surface area contributed by atoms with Crippen LogP contribution in [0.5, 0.6) is 0 Å². The van der Waals surface area contributed by atoms with E-state index < -0.39 is 11.2 Å². The summed E-state index contributed by atoms with van der Waals surface area (Å²) < 4.78 is 12.6. The molecule has 0 amide bonds. The summed E-state index contributed by atoms with van der Waals surface area (Å²) in [6.07, 6.45) is 2.66. The summed E-state index contributed by atoms with van der Waals surface area (Å²) in [6, 6.07) is 6.20. The summed E-state index contributed by atoms with van der Waals surface area (Å²) in [4.78, 5) is 13.7. The Morgan fingerprint density at radius 2 is 2.15 bits per heavy atom. The monoisotopic (exact) mass is 486 g/mol. The molecule has 2 atom stereocenters. The van der Waals surface area contributed by atoms with Crippen molar-refractivity contribution in [3.63, 3.8) is 0 Å². The minimum absolute atomic E-state index is 0.000923. The first-order valence-corrected chi connectivity index (χ1v) is 13.7. The lowest BCUT2D eigenvalue weighted by atomic mass is 9.93. The highest BCUT2D eigenvalue weighted by Crippen LogP contribution is 2.35. The molecule has 3 N–H and O–H groups in total. The van der Waals surface area contributed by atoms with Crippen LogP contribution in [0.1, 0.15) is 44.0 Å². The largest absolute Gasteiger partial charge is 0.611 e. The number of fused-ring (bicyclic) bond motifs is 1. The third-order valence-corrected chi connectivity index (χ3v) is 8.94. The van der Waals surface area contributed by atoms with E-state index in [9.17, 15) is 9.66 Å². The zero-order valence-electron chi connectivity index (χ0n) is 19.0. The van der Waals surface area contributed by atoms with Crippen molar-refractivity contribution >= 4 is 34.3 Å². The van der Waals surface area contributed by atoms with Gasteiger partial charge in [0.1, 0.15) is 11.4 Å². The molecule has 0 bridgehead atoms. The van der Waals surface area contributed by atoms with E-state index in [1.54, 1.807) is 11.3 Å². The minimum Gasteiger partial charge on any atom is -0.611 e. The fourth-order valence-electron chi connectivity index (χ4n) is 4.50. The quantitative estimate of drug-likeness (QED) is 0.439. The van der Waals surface area contributed by atoms with Crippen LogP contribution in [-0.2, 0) is 17.6 Å². The molecule has 33 heavy (non-hydrogen) atoms. The lowest BCUT2D eigenvalue weighted by Gasteiger charge is -2.32. The number of aromatic nitrogens is 4. The molecule has 3 aromatic rings. The second-order valence-corrected chi connectivity index (χ2v) is 11.5. The molecule has 176 valence electrons. The van der Waals surface area contributed by atoms with Crippen LogP contribution in [0, 0.1) is 5.92 Å². The molecular weight excluding hydrogens is 456 g/mol. The van der Waals surface area contributed by atoms with Crippen LogP contribution in [0.3, 0.4) is 0 Å². The van der Waals surface area contributed by atoms with E-state index in [4.69, 9.17) is 9.97 Å². The van der Waals surface area contributed by atoms with E-state index in [1.807, 2.05) is 0 Å². The van der Waals surface area contributed by atoms with Gasteiger partial charge in [0.15, 0.2) is 5.82 Å². The maximum absolute atomic E-state index is 12.6. The van der Waals surface area contributed by atoms with Crippen molar-refractivity contribution in [2.24, 2.45) is 5.92 Å². The topological polar surface area (TPSA) is 113 Å². The molecule has 0 aliphatic carbocycles. The Morgan fingerprint density at radius 1 is 1.33 bits per heavy atom. The molecule has 1 fully saturated rings. The van der Waals surface area contributed by atoms with Gasteiger partial charge in [0.05, 0.1) is 28.9 Å². The number of hydrogen-bond donors (Lipinski definition) is 3. The average molecular weight is 487 g/mol. The van der Waals surface area contributed by atoms with Crippen molar-refractivity contribution in [3.05, 3.63) is 35.0 Å². The van der Waals surface area contributed by atoms with E-state index in [2.05, 4.69) is 57.8 Å². The average Bonchev–Trinajstić information content (AvgIpc) is 3.58. The van der Waals surface area contributed by atoms with Crippen molar-refractivity contribution in [1.29, 1.82) is 0 Å². The number of aliphatic hydroxyl groups excluding tert-OH is 1. The molecule has 5 heterocycles. The lowest BCUT2D eigenvalue weighted by Crippen LogP contribution is -2.35. The molecule has 5 rings (SSSR count). The predicted molar refractivity (Wildman–Crippen MR) is 132 cm³/mol. The van der Waals surface area contributed by atoms with Crippen LogP contribution >= 0.6 is 11.3 Å². The highest BCUT2D eigenvalue weighted by molar-refractivity contribution is 7.91. The number of piperidine rings is 1. The SMILES string of the molecule is CC(C)[C@H](CO)Nc1nc(N2CCC(c3cc(-c4cccs4)[nH]n3)CC2)nc2c1[S+]([O-])CC2. The van der Waals surface area contributed by atoms with Crippen molar-refractivity contribution in [2.45, 2.75) is 50.0 Å². The molecule has 0 saturated carbocycles. The number of nitrogens with zero attached hydrogens (tertiary/aromatic N) is 4. The standard InChI is InChI=1S/C23H30N6O2S2/c1-14(2)19(13-30)24-22-21-16(7-11-33(21)31)25-23(26-22)29-8-5-15(6-9-29)17-12-18(28-27-17)20-4-3-10-32-20/h3-4,10,12,14-15,19,30H,5-9,11,13H2,1-2H3,(H,27,28)(H,24,25,26)/t19-,33?/m0/s1. The summed E-state index contributed by atoms with van der Waals surface area (Å²) >= 11 is 0.619. The second-order valence-electron chi connectivity index (χ2n) is 9.07. The third kappa shape index (κ3) is 4.62. The number of aromatic amines is 1.